The molecule has 3 aliphatic rings. The number of carboxylic acid groups (broad SMARTS) is 1. The third-order valence-corrected chi connectivity index (χ3v) is 7.31. The van der Waals surface area contributed by atoms with E-state index in [0.717, 1.165) is 35.8 Å². The fourth-order valence-corrected chi connectivity index (χ4v) is 5.36. The number of carbonyl (C=O) groups is 3. The van der Waals surface area contributed by atoms with Crippen molar-refractivity contribution in [3.05, 3.63) is 23.8 Å². The number of amides is 2. The molecule has 2 aliphatic heterocycles. The van der Waals surface area contributed by atoms with Crippen LogP contribution in [0.25, 0.3) is 0 Å². The van der Waals surface area contributed by atoms with Crippen molar-refractivity contribution in [2.24, 2.45) is 10.9 Å². The summed E-state index contributed by atoms with van der Waals surface area (Å²) in [6.45, 7) is 1.60. The van der Waals surface area contributed by atoms with E-state index in [1.165, 1.54) is 43.4 Å². The van der Waals surface area contributed by atoms with Crippen molar-refractivity contribution in [1.29, 1.82) is 0 Å². The summed E-state index contributed by atoms with van der Waals surface area (Å²) in [5, 5.41) is 12.0. The molecule has 0 atom stereocenters. The van der Waals surface area contributed by atoms with Crippen LogP contribution in [0.1, 0.15) is 76.2 Å². The van der Waals surface area contributed by atoms with Gasteiger partial charge in [0.05, 0.1) is 18.8 Å². The van der Waals surface area contributed by atoms with Crippen LogP contribution in [0.3, 0.4) is 0 Å². The van der Waals surface area contributed by atoms with E-state index < -0.39 is 5.97 Å². The number of ether oxygens (including phenoxy) is 1. The molecule has 2 N–H and O–H groups in total. The molecule has 1 aliphatic carbocycles. The molecule has 1 saturated carbocycles. The van der Waals surface area contributed by atoms with Gasteiger partial charge < -0.3 is 19.6 Å². The monoisotopic (exact) mass is 498 g/mol. The highest BCUT2D eigenvalue weighted by molar-refractivity contribution is 6.05. The van der Waals surface area contributed by atoms with Gasteiger partial charge in [0.2, 0.25) is 17.8 Å². The topological polar surface area (TPSA) is 112 Å². The minimum Gasteiger partial charge on any atom is -0.493 e. The smallest absolute Gasteiger partial charge is 0.323 e. The van der Waals surface area contributed by atoms with Gasteiger partial charge in [-0.1, -0.05) is 51.0 Å². The quantitative estimate of drug-likeness (QED) is 0.400. The van der Waals surface area contributed by atoms with Crippen molar-refractivity contribution < 1.29 is 24.2 Å². The number of carboxylic acids is 1. The second-order valence-corrected chi connectivity index (χ2v) is 10.1. The first-order chi connectivity index (χ1) is 17.5. The van der Waals surface area contributed by atoms with E-state index in [1.54, 1.807) is 0 Å². The summed E-state index contributed by atoms with van der Waals surface area (Å²) in [4.78, 5) is 43.6. The Morgan fingerprint density at radius 2 is 1.94 bits per heavy atom. The maximum Gasteiger partial charge on any atom is 0.323 e. The van der Waals surface area contributed by atoms with Crippen LogP contribution in [-0.2, 0) is 20.9 Å². The van der Waals surface area contributed by atoms with E-state index in [-0.39, 0.29) is 18.4 Å². The van der Waals surface area contributed by atoms with Gasteiger partial charge in [0.15, 0.2) is 0 Å². The van der Waals surface area contributed by atoms with E-state index >= 15 is 0 Å². The maximum atomic E-state index is 12.7. The maximum absolute atomic E-state index is 12.7. The lowest BCUT2D eigenvalue weighted by atomic mass is 9.86. The van der Waals surface area contributed by atoms with Crippen LogP contribution in [0, 0.1) is 5.92 Å². The number of aliphatic carboxylic acids is 1. The van der Waals surface area contributed by atoms with Crippen molar-refractivity contribution in [1.82, 2.24) is 15.1 Å². The number of carbonyl (C=O) groups excluding carboxylic acids is 2. The first-order valence-electron chi connectivity index (χ1n) is 13.4. The summed E-state index contributed by atoms with van der Waals surface area (Å²) in [5.74, 6) is 1.01. The summed E-state index contributed by atoms with van der Waals surface area (Å²) in [7, 11) is 0. The zero-order valence-corrected chi connectivity index (χ0v) is 21.0. The number of hydrogen-bond acceptors (Lipinski definition) is 6. The van der Waals surface area contributed by atoms with Gasteiger partial charge in [-0.2, -0.15) is 0 Å². The van der Waals surface area contributed by atoms with Crippen molar-refractivity contribution in [2.75, 3.05) is 26.2 Å². The van der Waals surface area contributed by atoms with Gasteiger partial charge in [-0.3, -0.25) is 19.7 Å². The number of rotatable bonds is 13. The minimum atomic E-state index is -0.964. The average Bonchev–Trinajstić information content (AvgIpc) is 3.23. The van der Waals surface area contributed by atoms with Gasteiger partial charge in [-0.05, 0) is 37.3 Å². The number of unbranched alkanes of at least 4 members (excludes halogenated alkanes) is 2. The van der Waals surface area contributed by atoms with Crippen molar-refractivity contribution in [3.8, 4) is 5.75 Å². The average molecular weight is 499 g/mol. The first kappa shape index (κ1) is 26.0. The number of aliphatic imine (C=N–C) groups is 1. The zero-order chi connectivity index (χ0) is 25.3. The van der Waals surface area contributed by atoms with Crippen LogP contribution < -0.4 is 10.1 Å². The van der Waals surface area contributed by atoms with E-state index in [2.05, 4.69) is 10.3 Å². The highest BCUT2D eigenvalue weighted by Crippen LogP contribution is 2.34. The SMILES string of the molecule is O=C(O)CN(CCCCC1CCCCC1)C(=O)CCCCOc1cccc2c1CN1CC(=O)NC1=N2. The van der Waals surface area contributed by atoms with Gasteiger partial charge in [-0.15, -0.1) is 0 Å². The Hall–Kier alpha value is -3.10. The molecular weight excluding hydrogens is 460 g/mol. The van der Waals surface area contributed by atoms with Crippen LogP contribution in [0.5, 0.6) is 5.75 Å². The standard InChI is InChI=1S/C27H38N4O5/c32-24-18-31-17-21-22(28-27(31)29-24)12-8-13-23(21)36-16-7-5-14-25(33)30(19-26(34)35)15-6-4-11-20-9-2-1-3-10-20/h8,12-13,20H,1-7,9-11,14-19H2,(H,34,35)(H,28,29,32). The molecule has 2 fully saturated rings. The highest BCUT2D eigenvalue weighted by Gasteiger charge is 2.30. The molecule has 4 rings (SSSR count). The van der Waals surface area contributed by atoms with Crippen LogP contribution in [-0.4, -0.2) is 64.9 Å². The zero-order valence-electron chi connectivity index (χ0n) is 21.0. The van der Waals surface area contributed by atoms with Crippen molar-refractivity contribution >= 4 is 29.4 Å². The molecule has 0 radical (unpaired) electrons. The van der Waals surface area contributed by atoms with Gasteiger partial charge in [-0.25, -0.2) is 4.99 Å². The number of nitrogens with one attached hydrogen (secondary N) is 1. The predicted molar refractivity (Wildman–Crippen MR) is 136 cm³/mol. The molecule has 2 amide bonds. The molecule has 1 aromatic rings. The molecule has 9 heteroatoms. The third kappa shape index (κ3) is 7.21. The fourth-order valence-electron chi connectivity index (χ4n) is 5.36. The van der Waals surface area contributed by atoms with Gasteiger partial charge >= 0.3 is 5.97 Å². The summed E-state index contributed by atoms with van der Waals surface area (Å²) in [6.07, 6.45) is 11.4. The third-order valence-electron chi connectivity index (χ3n) is 7.31. The Kier molecular flexibility index (Phi) is 9.19. The summed E-state index contributed by atoms with van der Waals surface area (Å²) in [6, 6.07) is 5.69. The van der Waals surface area contributed by atoms with E-state index in [0.29, 0.717) is 51.5 Å². The molecular formula is C27H38N4O5. The normalized spacial score (nSPS) is 17.2. The number of nitrogens with zero attached hydrogens (tertiary/aromatic N) is 3. The molecule has 0 unspecified atom stereocenters. The Labute approximate surface area is 212 Å². The van der Waals surface area contributed by atoms with Crippen LogP contribution >= 0.6 is 0 Å². The second kappa shape index (κ2) is 12.7. The second-order valence-electron chi connectivity index (χ2n) is 10.1. The lowest BCUT2D eigenvalue weighted by molar-refractivity contribution is -0.144. The predicted octanol–water partition coefficient (Wildman–Crippen LogP) is 3.83. The summed E-state index contributed by atoms with van der Waals surface area (Å²) in [5.41, 5.74) is 1.75. The van der Waals surface area contributed by atoms with Gasteiger partial charge in [0.25, 0.3) is 0 Å². The molecule has 1 saturated heterocycles. The van der Waals surface area contributed by atoms with Crippen molar-refractivity contribution in [2.45, 2.75) is 77.2 Å². The Balaban J connectivity index is 1.17. The number of hydrogen-bond donors (Lipinski definition) is 2. The minimum absolute atomic E-state index is 0.0603. The summed E-state index contributed by atoms with van der Waals surface area (Å²) >= 11 is 0. The Bertz CT molecular complexity index is 973. The molecule has 0 bridgehead atoms. The Morgan fingerprint density at radius 3 is 2.75 bits per heavy atom. The van der Waals surface area contributed by atoms with Gasteiger partial charge in [0.1, 0.15) is 18.8 Å². The number of guanidine groups is 1. The number of benzene rings is 1. The van der Waals surface area contributed by atoms with Crippen LogP contribution in [0.2, 0.25) is 0 Å². The van der Waals surface area contributed by atoms with Crippen LogP contribution in [0.15, 0.2) is 23.2 Å². The lowest BCUT2D eigenvalue weighted by Crippen LogP contribution is -2.36. The molecule has 2 heterocycles. The van der Waals surface area contributed by atoms with E-state index in [1.807, 2.05) is 23.1 Å². The van der Waals surface area contributed by atoms with Crippen LogP contribution in [0.4, 0.5) is 5.69 Å². The molecule has 9 nitrogen and oxygen atoms in total. The molecule has 0 aromatic heterocycles. The fraction of sp³-hybridized carbons (Fsp3) is 0.630. The largest absolute Gasteiger partial charge is 0.493 e. The first-order valence-corrected chi connectivity index (χ1v) is 13.4. The molecule has 1 aromatic carbocycles. The Morgan fingerprint density at radius 1 is 1.11 bits per heavy atom. The number of fused-ring (bicyclic) bond motifs is 2. The van der Waals surface area contributed by atoms with E-state index in [4.69, 9.17) is 4.74 Å². The van der Waals surface area contributed by atoms with Crippen molar-refractivity contribution in [3.63, 3.8) is 0 Å². The van der Waals surface area contributed by atoms with Gasteiger partial charge in [0, 0.05) is 18.5 Å². The molecule has 0 spiro atoms. The molecule has 36 heavy (non-hydrogen) atoms. The lowest BCUT2D eigenvalue weighted by Gasteiger charge is -2.24. The highest BCUT2D eigenvalue weighted by atomic mass is 16.5. The molecule has 196 valence electrons. The van der Waals surface area contributed by atoms with E-state index in [9.17, 15) is 19.5 Å². The summed E-state index contributed by atoms with van der Waals surface area (Å²) < 4.78 is 6.00.